The number of rotatable bonds is 4. The maximum atomic E-state index is 11.4. The van der Waals surface area contributed by atoms with Gasteiger partial charge >= 0.3 is 0 Å². The Kier molecular flexibility index (Phi) is 6.99. The summed E-state index contributed by atoms with van der Waals surface area (Å²) in [5, 5.41) is 2.88. The summed E-state index contributed by atoms with van der Waals surface area (Å²) in [5.41, 5.74) is 5.49. The molecule has 3 N–H and O–H groups in total. The lowest BCUT2D eigenvalue weighted by atomic mass is 10.2. The van der Waals surface area contributed by atoms with Gasteiger partial charge in [0, 0.05) is 4.88 Å². The van der Waals surface area contributed by atoms with Crippen LogP contribution in [0.5, 0.6) is 0 Å². The number of carbonyl (C=O) groups excluding carboxylic acids is 1. The van der Waals surface area contributed by atoms with Crippen LogP contribution in [0.1, 0.15) is 31.2 Å². The monoisotopic (exact) mass is 282 g/mol. The molecule has 0 saturated heterocycles. The van der Waals surface area contributed by atoms with Crippen LogP contribution >= 0.6 is 35.3 Å². The van der Waals surface area contributed by atoms with E-state index in [1.807, 2.05) is 19.1 Å². The van der Waals surface area contributed by atoms with Gasteiger partial charge in [-0.15, -0.1) is 23.7 Å². The van der Waals surface area contributed by atoms with E-state index >= 15 is 0 Å². The van der Waals surface area contributed by atoms with Crippen LogP contribution in [0.3, 0.4) is 0 Å². The topological polar surface area (TPSA) is 55.1 Å². The Morgan fingerprint density at radius 1 is 1.62 bits per heavy atom. The summed E-state index contributed by atoms with van der Waals surface area (Å²) >= 11 is 7.33. The second-order valence-electron chi connectivity index (χ2n) is 3.40. The fourth-order valence-electron chi connectivity index (χ4n) is 1.19. The van der Waals surface area contributed by atoms with Crippen LogP contribution in [0.2, 0.25) is 4.34 Å². The molecule has 0 aliphatic carbocycles. The maximum Gasteiger partial charge on any atom is 0.237 e. The summed E-state index contributed by atoms with van der Waals surface area (Å²) in [7, 11) is 0. The number of nitrogens with two attached hydrogens (primary N) is 1. The van der Waals surface area contributed by atoms with Crippen LogP contribution in [0.4, 0.5) is 0 Å². The third-order valence-corrected chi connectivity index (χ3v) is 3.42. The molecule has 6 heteroatoms. The average molecular weight is 283 g/mol. The van der Waals surface area contributed by atoms with E-state index in [1.165, 1.54) is 11.3 Å². The van der Waals surface area contributed by atoms with Crippen molar-refractivity contribution < 1.29 is 4.79 Å². The molecule has 0 radical (unpaired) electrons. The minimum Gasteiger partial charge on any atom is -0.347 e. The van der Waals surface area contributed by atoms with Gasteiger partial charge in [0.05, 0.1) is 16.4 Å². The Bertz CT molecular complexity index is 341. The number of amides is 1. The molecule has 92 valence electrons. The molecule has 3 nitrogen and oxygen atoms in total. The molecule has 1 aromatic rings. The molecule has 1 amide bonds. The highest BCUT2D eigenvalue weighted by atomic mass is 35.5. The summed E-state index contributed by atoms with van der Waals surface area (Å²) in [6, 6.07) is 3.31. The lowest BCUT2D eigenvalue weighted by Crippen LogP contribution is -2.39. The molecule has 1 aromatic heterocycles. The van der Waals surface area contributed by atoms with E-state index in [0.29, 0.717) is 0 Å². The zero-order chi connectivity index (χ0) is 11.4. The van der Waals surface area contributed by atoms with E-state index in [-0.39, 0.29) is 24.4 Å². The van der Waals surface area contributed by atoms with Crippen LogP contribution < -0.4 is 11.1 Å². The molecule has 0 aliphatic rings. The summed E-state index contributed by atoms with van der Waals surface area (Å²) in [6.07, 6.45) is 0.829. The molecule has 0 aliphatic heterocycles. The highest BCUT2D eigenvalue weighted by molar-refractivity contribution is 7.16. The zero-order valence-electron chi connectivity index (χ0n) is 9.20. The molecule has 0 aromatic carbocycles. The smallest absolute Gasteiger partial charge is 0.237 e. The van der Waals surface area contributed by atoms with Gasteiger partial charge in [-0.3, -0.25) is 4.79 Å². The first kappa shape index (κ1) is 15.7. The quantitative estimate of drug-likeness (QED) is 0.892. The van der Waals surface area contributed by atoms with Crippen molar-refractivity contribution in [2.24, 2.45) is 5.73 Å². The Hall–Kier alpha value is -0.290. The Balaban J connectivity index is 0.00000225. The third-order valence-electron chi connectivity index (χ3n) is 2.08. The van der Waals surface area contributed by atoms with Gasteiger partial charge in [0.1, 0.15) is 0 Å². The third kappa shape index (κ3) is 4.29. The molecule has 1 rings (SSSR count). The van der Waals surface area contributed by atoms with Gasteiger partial charge in [-0.2, -0.15) is 0 Å². The number of thiophene rings is 1. The van der Waals surface area contributed by atoms with Gasteiger partial charge in [0.15, 0.2) is 0 Å². The largest absolute Gasteiger partial charge is 0.347 e. The van der Waals surface area contributed by atoms with Crippen molar-refractivity contribution in [1.29, 1.82) is 0 Å². The Labute approximate surface area is 111 Å². The van der Waals surface area contributed by atoms with Gasteiger partial charge in [-0.05, 0) is 25.5 Å². The van der Waals surface area contributed by atoms with Gasteiger partial charge < -0.3 is 11.1 Å². The SMILES string of the molecule is CCC(NC(=O)[C@H](C)N)c1ccc(Cl)s1.Cl. The van der Waals surface area contributed by atoms with E-state index in [0.717, 1.165) is 15.6 Å². The normalized spacial score (nSPS) is 13.8. The second-order valence-corrected chi connectivity index (χ2v) is 5.15. The lowest BCUT2D eigenvalue weighted by molar-refractivity contribution is -0.122. The molecule has 0 spiro atoms. The molecule has 0 saturated carbocycles. The summed E-state index contributed by atoms with van der Waals surface area (Å²) in [4.78, 5) is 12.5. The van der Waals surface area contributed by atoms with Crippen molar-refractivity contribution in [3.8, 4) is 0 Å². The van der Waals surface area contributed by atoms with E-state index in [4.69, 9.17) is 17.3 Å². The van der Waals surface area contributed by atoms with E-state index in [1.54, 1.807) is 6.92 Å². The van der Waals surface area contributed by atoms with Crippen LogP contribution in [0, 0.1) is 0 Å². The minimum absolute atomic E-state index is 0. The van der Waals surface area contributed by atoms with E-state index < -0.39 is 6.04 Å². The zero-order valence-corrected chi connectivity index (χ0v) is 11.6. The maximum absolute atomic E-state index is 11.4. The molecule has 1 heterocycles. The standard InChI is InChI=1S/C10H15ClN2OS.ClH/c1-3-7(13-10(14)6(2)12)8-4-5-9(11)15-8;/h4-7H,3,12H2,1-2H3,(H,13,14);1H/t6-,7?;/m0./s1. The first-order chi connectivity index (χ1) is 7.04. The second kappa shape index (κ2) is 7.12. The lowest BCUT2D eigenvalue weighted by Gasteiger charge is -2.16. The Morgan fingerprint density at radius 2 is 2.25 bits per heavy atom. The van der Waals surface area contributed by atoms with Crippen molar-refractivity contribution in [3.05, 3.63) is 21.3 Å². The number of nitrogens with one attached hydrogen (secondary N) is 1. The Morgan fingerprint density at radius 3 is 2.62 bits per heavy atom. The van der Waals surface area contributed by atoms with Crippen molar-refractivity contribution in [3.63, 3.8) is 0 Å². The molecule has 1 unspecified atom stereocenters. The minimum atomic E-state index is -0.477. The van der Waals surface area contributed by atoms with Crippen LogP contribution in [-0.2, 0) is 4.79 Å². The van der Waals surface area contributed by atoms with E-state index in [9.17, 15) is 4.79 Å². The fraction of sp³-hybridized carbons (Fsp3) is 0.500. The van der Waals surface area contributed by atoms with Crippen LogP contribution in [0.25, 0.3) is 0 Å². The predicted molar refractivity (Wildman–Crippen MR) is 71.4 cm³/mol. The van der Waals surface area contributed by atoms with Gasteiger partial charge in [0.2, 0.25) is 5.91 Å². The molecule has 0 fully saturated rings. The number of hydrogen-bond donors (Lipinski definition) is 2. The van der Waals surface area contributed by atoms with Crippen molar-refractivity contribution >= 4 is 41.3 Å². The van der Waals surface area contributed by atoms with Crippen molar-refractivity contribution in [2.45, 2.75) is 32.4 Å². The number of carbonyl (C=O) groups is 1. The van der Waals surface area contributed by atoms with Crippen LogP contribution in [0.15, 0.2) is 12.1 Å². The highest BCUT2D eigenvalue weighted by Crippen LogP contribution is 2.28. The number of hydrogen-bond acceptors (Lipinski definition) is 3. The van der Waals surface area contributed by atoms with Crippen LogP contribution in [-0.4, -0.2) is 11.9 Å². The summed E-state index contributed by atoms with van der Waals surface area (Å²) in [6.45, 7) is 3.68. The average Bonchev–Trinajstić information content (AvgIpc) is 2.60. The molecule has 2 atom stereocenters. The summed E-state index contributed by atoms with van der Waals surface area (Å²) in [5.74, 6) is -0.133. The molecule has 0 bridgehead atoms. The predicted octanol–water partition coefficient (Wildman–Crippen LogP) is 2.74. The first-order valence-electron chi connectivity index (χ1n) is 4.85. The number of halogens is 2. The fourth-order valence-corrected chi connectivity index (χ4v) is 2.39. The molecule has 16 heavy (non-hydrogen) atoms. The molecular weight excluding hydrogens is 267 g/mol. The van der Waals surface area contributed by atoms with Crippen molar-refractivity contribution in [1.82, 2.24) is 5.32 Å². The summed E-state index contributed by atoms with van der Waals surface area (Å²) < 4.78 is 0.735. The first-order valence-corrected chi connectivity index (χ1v) is 6.05. The van der Waals surface area contributed by atoms with E-state index in [2.05, 4.69) is 5.32 Å². The van der Waals surface area contributed by atoms with Gasteiger partial charge in [0.25, 0.3) is 0 Å². The van der Waals surface area contributed by atoms with Gasteiger partial charge in [-0.25, -0.2) is 0 Å². The van der Waals surface area contributed by atoms with Crippen molar-refractivity contribution in [2.75, 3.05) is 0 Å². The highest BCUT2D eigenvalue weighted by Gasteiger charge is 2.16. The van der Waals surface area contributed by atoms with Gasteiger partial charge in [-0.1, -0.05) is 18.5 Å². The molecular formula is C10H16Cl2N2OS.